The van der Waals surface area contributed by atoms with Gasteiger partial charge in [0.25, 0.3) is 5.91 Å². The number of pyridine rings is 1. The van der Waals surface area contributed by atoms with Crippen LogP contribution < -0.4 is 0 Å². The van der Waals surface area contributed by atoms with Crippen molar-refractivity contribution in [2.75, 3.05) is 32.8 Å². The van der Waals surface area contributed by atoms with Gasteiger partial charge in [-0.25, -0.2) is 0 Å². The topological polar surface area (TPSA) is 73.7 Å². The van der Waals surface area contributed by atoms with Crippen molar-refractivity contribution in [3.63, 3.8) is 0 Å². The molecule has 2 saturated heterocycles. The van der Waals surface area contributed by atoms with E-state index in [1.165, 1.54) is 0 Å². The first-order valence-corrected chi connectivity index (χ1v) is 8.71. The Morgan fingerprint density at radius 2 is 2.04 bits per heavy atom. The summed E-state index contributed by atoms with van der Waals surface area (Å²) < 4.78 is 0. The predicted octanol–water partition coefficient (Wildman–Crippen LogP) is 1.31. The molecule has 0 saturated carbocycles. The van der Waals surface area contributed by atoms with E-state index >= 15 is 0 Å². The van der Waals surface area contributed by atoms with Crippen molar-refractivity contribution in [3.05, 3.63) is 30.1 Å². The number of aliphatic hydroxyl groups is 1. The Bertz CT molecular complexity index is 592. The molecule has 3 rings (SSSR count). The molecule has 2 aliphatic heterocycles. The summed E-state index contributed by atoms with van der Waals surface area (Å²) in [5.74, 6) is 0.224. The highest BCUT2D eigenvalue weighted by Gasteiger charge is 2.42. The number of aromatic nitrogens is 1. The second kappa shape index (κ2) is 7.30. The summed E-state index contributed by atoms with van der Waals surface area (Å²) in [4.78, 5) is 32.6. The zero-order valence-electron chi connectivity index (χ0n) is 14.0. The minimum Gasteiger partial charge on any atom is -0.396 e. The van der Waals surface area contributed by atoms with Gasteiger partial charge in [-0.3, -0.25) is 14.6 Å². The maximum Gasteiger partial charge on any atom is 0.253 e. The molecule has 0 bridgehead atoms. The Morgan fingerprint density at radius 3 is 2.79 bits per heavy atom. The lowest BCUT2D eigenvalue weighted by Crippen LogP contribution is -2.55. The number of aliphatic hydroxyl groups excluding tert-OH is 1. The summed E-state index contributed by atoms with van der Waals surface area (Å²) >= 11 is 0. The first-order chi connectivity index (χ1) is 11.6. The fourth-order valence-corrected chi connectivity index (χ4v) is 3.96. The highest BCUT2D eigenvalue weighted by molar-refractivity contribution is 5.94. The van der Waals surface area contributed by atoms with Crippen LogP contribution in [0.5, 0.6) is 0 Å². The van der Waals surface area contributed by atoms with E-state index in [-0.39, 0.29) is 23.8 Å². The molecule has 1 aromatic heterocycles. The summed E-state index contributed by atoms with van der Waals surface area (Å²) in [5.41, 5.74) is 0.677. The third kappa shape index (κ3) is 3.59. The highest BCUT2D eigenvalue weighted by Crippen LogP contribution is 2.39. The lowest BCUT2D eigenvalue weighted by atomic mass is 9.73. The van der Waals surface area contributed by atoms with E-state index in [1.807, 2.05) is 9.80 Å². The molecule has 2 amide bonds. The van der Waals surface area contributed by atoms with Gasteiger partial charge in [-0.05, 0) is 37.8 Å². The van der Waals surface area contributed by atoms with Crippen molar-refractivity contribution in [2.24, 2.45) is 5.41 Å². The van der Waals surface area contributed by atoms with Gasteiger partial charge in [0.05, 0.1) is 0 Å². The fraction of sp³-hybridized carbons (Fsp3) is 0.611. The Balaban J connectivity index is 1.70. The molecule has 1 atom stereocenters. The van der Waals surface area contributed by atoms with Crippen LogP contribution in [0.25, 0.3) is 0 Å². The van der Waals surface area contributed by atoms with Crippen molar-refractivity contribution < 1.29 is 14.7 Å². The number of carbonyl (C=O) groups is 2. The minimum atomic E-state index is 0.00427. The zero-order valence-corrected chi connectivity index (χ0v) is 14.0. The van der Waals surface area contributed by atoms with Crippen LogP contribution in [0.4, 0.5) is 0 Å². The highest BCUT2D eigenvalue weighted by atomic mass is 16.3. The number of amides is 2. The van der Waals surface area contributed by atoms with Gasteiger partial charge < -0.3 is 14.9 Å². The van der Waals surface area contributed by atoms with Gasteiger partial charge in [-0.1, -0.05) is 0 Å². The number of nitrogens with zero attached hydrogens (tertiary/aromatic N) is 3. The lowest BCUT2D eigenvalue weighted by molar-refractivity contribution is -0.139. The van der Waals surface area contributed by atoms with Crippen molar-refractivity contribution >= 4 is 11.8 Å². The van der Waals surface area contributed by atoms with Crippen LogP contribution in [0.3, 0.4) is 0 Å². The molecule has 1 unspecified atom stereocenters. The van der Waals surface area contributed by atoms with E-state index in [1.54, 1.807) is 24.5 Å². The number of rotatable bonds is 4. The lowest BCUT2D eigenvalue weighted by Gasteiger charge is -2.48. The molecule has 0 aliphatic carbocycles. The summed E-state index contributed by atoms with van der Waals surface area (Å²) in [6, 6.07) is 3.50. The molecule has 2 aliphatic rings. The SMILES string of the molecule is O=C1CCC2(CCCN(C(=O)c3ccncc3)C2)CN1CCCO. The average Bonchev–Trinajstić information content (AvgIpc) is 2.63. The monoisotopic (exact) mass is 331 g/mol. The van der Waals surface area contributed by atoms with Gasteiger partial charge in [-0.15, -0.1) is 0 Å². The molecular formula is C18H25N3O3. The number of piperidine rings is 2. The van der Waals surface area contributed by atoms with Crippen LogP contribution in [0.2, 0.25) is 0 Å². The van der Waals surface area contributed by atoms with Crippen molar-refractivity contribution in [1.82, 2.24) is 14.8 Å². The van der Waals surface area contributed by atoms with E-state index < -0.39 is 0 Å². The molecule has 3 heterocycles. The zero-order chi connectivity index (χ0) is 17.0. The van der Waals surface area contributed by atoms with Crippen LogP contribution in [-0.2, 0) is 4.79 Å². The predicted molar refractivity (Wildman–Crippen MR) is 89.3 cm³/mol. The molecular weight excluding hydrogens is 306 g/mol. The second-order valence-corrected chi connectivity index (χ2v) is 6.96. The molecule has 130 valence electrons. The van der Waals surface area contributed by atoms with E-state index in [2.05, 4.69) is 4.98 Å². The number of carbonyl (C=O) groups excluding carboxylic acids is 2. The summed E-state index contributed by atoms with van der Waals surface area (Å²) in [6.45, 7) is 2.88. The van der Waals surface area contributed by atoms with Gasteiger partial charge in [-0.2, -0.15) is 0 Å². The minimum absolute atomic E-state index is 0.00427. The van der Waals surface area contributed by atoms with Crippen LogP contribution in [0.15, 0.2) is 24.5 Å². The molecule has 6 nitrogen and oxygen atoms in total. The van der Waals surface area contributed by atoms with Gasteiger partial charge in [0, 0.05) is 62.6 Å². The van der Waals surface area contributed by atoms with Gasteiger partial charge >= 0.3 is 0 Å². The molecule has 24 heavy (non-hydrogen) atoms. The second-order valence-electron chi connectivity index (χ2n) is 6.96. The first kappa shape index (κ1) is 16.9. The van der Waals surface area contributed by atoms with Crippen molar-refractivity contribution in [1.29, 1.82) is 0 Å². The van der Waals surface area contributed by atoms with E-state index in [0.29, 0.717) is 38.0 Å². The third-order valence-corrected chi connectivity index (χ3v) is 5.21. The Labute approximate surface area is 142 Å². The van der Waals surface area contributed by atoms with Gasteiger partial charge in [0.15, 0.2) is 0 Å². The van der Waals surface area contributed by atoms with E-state index in [4.69, 9.17) is 5.11 Å². The fourth-order valence-electron chi connectivity index (χ4n) is 3.96. The Morgan fingerprint density at radius 1 is 1.25 bits per heavy atom. The van der Waals surface area contributed by atoms with Gasteiger partial charge in [0.2, 0.25) is 5.91 Å². The molecule has 0 aromatic carbocycles. The standard InChI is InChI=1S/C18H25N3O3/c22-12-2-11-20-13-18(7-3-16(20)23)6-1-10-21(14-18)17(24)15-4-8-19-9-5-15/h4-5,8-9,22H,1-3,6-7,10-14H2. The quantitative estimate of drug-likeness (QED) is 0.903. The van der Waals surface area contributed by atoms with Crippen molar-refractivity contribution in [2.45, 2.75) is 32.1 Å². The molecule has 0 radical (unpaired) electrons. The Kier molecular flexibility index (Phi) is 5.14. The number of hydrogen-bond donors (Lipinski definition) is 1. The van der Waals surface area contributed by atoms with E-state index in [9.17, 15) is 9.59 Å². The number of likely N-dealkylation sites (tertiary alicyclic amines) is 2. The summed E-state index contributed by atoms with van der Waals surface area (Å²) in [5, 5.41) is 9.03. The maximum atomic E-state index is 12.7. The largest absolute Gasteiger partial charge is 0.396 e. The van der Waals surface area contributed by atoms with Crippen LogP contribution in [-0.4, -0.2) is 64.5 Å². The van der Waals surface area contributed by atoms with Gasteiger partial charge in [0.1, 0.15) is 0 Å². The molecule has 1 N–H and O–H groups in total. The molecule has 2 fully saturated rings. The van der Waals surface area contributed by atoms with Crippen LogP contribution in [0, 0.1) is 5.41 Å². The molecule has 1 aromatic rings. The third-order valence-electron chi connectivity index (χ3n) is 5.21. The smallest absolute Gasteiger partial charge is 0.253 e. The normalized spacial score (nSPS) is 24.5. The molecule has 1 spiro atoms. The Hall–Kier alpha value is -1.95. The van der Waals surface area contributed by atoms with Crippen molar-refractivity contribution in [3.8, 4) is 0 Å². The van der Waals surface area contributed by atoms with Crippen LogP contribution in [0.1, 0.15) is 42.5 Å². The van der Waals surface area contributed by atoms with E-state index in [0.717, 1.165) is 25.8 Å². The average molecular weight is 331 g/mol. The molecule has 6 heteroatoms. The summed E-state index contributed by atoms with van der Waals surface area (Å²) in [6.07, 6.45) is 7.31. The van der Waals surface area contributed by atoms with Crippen LogP contribution >= 0.6 is 0 Å². The maximum absolute atomic E-state index is 12.7. The number of hydrogen-bond acceptors (Lipinski definition) is 4. The first-order valence-electron chi connectivity index (χ1n) is 8.71. The summed E-state index contributed by atoms with van der Waals surface area (Å²) in [7, 11) is 0.